The van der Waals surface area contributed by atoms with E-state index in [2.05, 4.69) is 55.4 Å². The van der Waals surface area contributed by atoms with Gasteiger partial charge in [-0.25, -0.2) is 4.21 Å². The number of hydrogen-bond acceptors (Lipinski definition) is 5. The fourth-order valence-electron chi connectivity index (χ4n) is 4.40. The van der Waals surface area contributed by atoms with Gasteiger partial charge in [-0.2, -0.15) is 0 Å². The first-order valence-electron chi connectivity index (χ1n) is 13.7. The van der Waals surface area contributed by atoms with Gasteiger partial charge < -0.3 is 28.8 Å². The van der Waals surface area contributed by atoms with Crippen LogP contribution in [0.4, 0.5) is 0 Å². The second kappa shape index (κ2) is 17.9. The monoisotopic (exact) mass is 548 g/mol. The van der Waals surface area contributed by atoms with Gasteiger partial charge in [0.2, 0.25) is 0 Å². The molecule has 0 aliphatic rings. The number of carboxylic acid groups (broad SMARTS) is 2. The number of carboxylic acids is 2. The minimum absolute atomic E-state index is 0.0128. The number of carbonyl (C=O) groups excluding carboxylic acids is 2. The SMILES string of the molecule is CC[N+](CC)(CC)CC.CC[N+](CC)(CC)CC.O=C([O-])c1ccccc1S(=O)c1ccccc1C(=O)[O-]. The summed E-state index contributed by atoms with van der Waals surface area (Å²) in [5.41, 5.74) is -0.474. The van der Waals surface area contributed by atoms with Crippen molar-refractivity contribution >= 4 is 22.7 Å². The van der Waals surface area contributed by atoms with Gasteiger partial charge in [-0.05, 0) is 67.5 Å². The Bertz CT molecular complexity index is 903. The van der Waals surface area contributed by atoms with Crippen molar-refractivity contribution in [3.63, 3.8) is 0 Å². The van der Waals surface area contributed by atoms with E-state index in [0.29, 0.717) is 0 Å². The van der Waals surface area contributed by atoms with Gasteiger partial charge in [0.1, 0.15) is 0 Å². The van der Waals surface area contributed by atoms with E-state index in [0.717, 1.165) is 0 Å². The van der Waals surface area contributed by atoms with Gasteiger partial charge in [0.05, 0.1) is 84.9 Å². The quantitative estimate of drug-likeness (QED) is 0.379. The van der Waals surface area contributed by atoms with Crippen LogP contribution in [-0.2, 0) is 10.8 Å². The fourth-order valence-corrected chi connectivity index (χ4v) is 5.74. The zero-order valence-electron chi connectivity index (χ0n) is 24.6. The Hall–Kier alpha value is -2.55. The molecule has 7 nitrogen and oxygen atoms in total. The second-order valence-corrected chi connectivity index (χ2v) is 10.5. The van der Waals surface area contributed by atoms with E-state index < -0.39 is 22.7 Å². The van der Waals surface area contributed by atoms with E-state index in [1.165, 1.54) is 110 Å². The maximum absolute atomic E-state index is 12.4. The van der Waals surface area contributed by atoms with Gasteiger partial charge in [0.25, 0.3) is 0 Å². The molecule has 2 aromatic carbocycles. The summed E-state index contributed by atoms with van der Waals surface area (Å²) in [5.74, 6) is -2.94. The summed E-state index contributed by atoms with van der Waals surface area (Å²) in [5, 5.41) is 22.0. The Morgan fingerprint density at radius 2 is 0.789 bits per heavy atom. The molecule has 0 spiro atoms. The molecular formula is C30H48N2O5S. The average Bonchev–Trinajstić information content (AvgIpc) is 2.96. The van der Waals surface area contributed by atoms with Crippen molar-refractivity contribution in [3.05, 3.63) is 59.7 Å². The van der Waals surface area contributed by atoms with Crippen molar-refractivity contribution in [2.24, 2.45) is 0 Å². The normalized spacial score (nSPS) is 11.2. The van der Waals surface area contributed by atoms with E-state index in [-0.39, 0.29) is 20.9 Å². The maximum Gasteiger partial charge on any atom is 0.0863 e. The molecular weight excluding hydrogens is 500 g/mol. The molecule has 0 heterocycles. The van der Waals surface area contributed by atoms with Crippen LogP contribution in [0.3, 0.4) is 0 Å². The van der Waals surface area contributed by atoms with Crippen LogP contribution in [0.2, 0.25) is 0 Å². The van der Waals surface area contributed by atoms with E-state index in [4.69, 9.17) is 0 Å². The van der Waals surface area contributed by atoms with Crippen molar-refractivity contribution in [1.82, 2.24) is 0 Å². The van der Waals surface area contributed by atoms with Crippen LogP contribution in [0.1, 0.15) is 76.1 Å². The summed E-state index contributed by atoms with van der Waals surface area (Å²) in [6, 6.07) is 11.2. The van der Waals surface area contributed by atoms with Crippen molar-refractivity contribution in [2.75, 3.05) is 52.4 Å². The molecule has 0 aliphatic heterocycles. The molecule has 8 heteroatoms. The number of benzene rings is 2. The van der Waals surface area contributed by atoms with Gasteiger partial charge in [-0.15, -0.1) is 0 Å². The Kier molecular flexibility index (Phi) is 16.7. The van der Waals surface area contributed by atoms with Crippen LogP contribution in [0.25, 0.3) is 0 Å². The van der Waals surface area contributed by atoms with Gasteiger partial charge in [0.15, 0.2) is 0 Å². The molecule has 0 saturated carbocycles. The minimum atomic E-state index is -1.95. The molecule has 0 fully saturated rings. The molecule has 0 unspecified atom stereocenters. The standard InChI is InChI=1S/C14H10O5S.2C8H20N/c15-13(16)9-5-1-3-7-11(9)20(19)12-8-4-2-6-10(12)14(17)18;2*1-5-9(6-2,7-3)8-4/h1-8H,(H,15,16)(H,17,18);2*5-8H2,1-4H3/q;2*+1/p-2. The largest absolute Gasteiger partial charge is 0.545 e. The van der Waals surface area contributed by atoms with Gasteiger partial charge >= 0.3 is 0 Å². The van der Waals surface area contributed by atoms with Crippen molar-refractivity contribution in [3.8, 4) is 0 Å². The third-order valence-electron chi connectivity index (χ3n) is 7.98. The first kappa shape index (κ1) is 35.5. The summed E-state index contributed by atoms with van der Waals surface area (Å²) in [6.45, 7) is 28.4. The predicted molar refractivity (Wildman–Crippen MR) is 151 cm³/mol. The number of quaternary nitrogens is 2. The first-order valence-corrected chi connectivity index (χ1v) is 14.9. The molecule has 0 aliphatic carbocycles. The summed E-state index contributed by atoms with van der Waals surface area (Å²) in [6.07, 6.45) is 0. The lowest BCUT2D eigenvalue weighted by Gasteiger charge is -2.34. The second-order valence-electron chi connectivity index (χ2n) is 9.05. The number of nitrogens with zero attached hydrogens (tertiary/aromatic N) is 2. The van der Waals surface area contributed by atoms with E-state index >= 15 is 0 Å². The van der Waals surface area contributed by atoms with Crippen LogP contribution in [0, 0.1) is 0 Å². The van der Waals surface area contributed by atoms with Crippen LogP contribution < -0.4 is 10.2 Å². The summed E-state index contributed by atoms with van der Waals surface area (Å²) >= 11 is 0. The Labute approximate surface area is 232 Å². The average molecular weight is 549 g/mol. The van der Waals surface area contributed by atoms with Gasteiger partial charge in [0, 0.05) is 11.1 Å². The van der Waals surface area contributed by atoms with Crippen LogP contribution >= 0.6 is 0 Å². The molecule has 0 aromatic heterocycles. The fraction of sp³-hybridized carbons (Fsp3) is 0.533. The molecule has 0 amide bonds. The van der Waals surface area contributed by atoms with E-state index in [1.54, 1.807) is 0 Å². The number of carbonyl (C=O) groups is 2. The highest BCUT2D eigenvalue weighted by molar-refractivity contribution is 7.85. The van der Waals surface area contributed by atoms with Crippen LogP contribution in [0.15, 0.2) is 58.3 Å². The molecule has 0 atom stereocenters. The minimum Gasteiger partial charge on any atom is -0.545 e. The van der Waals surface area contributed by atoms with Crippen molar-refractivity contribution in [1.29, 1.82) is 0 Å². The smallest absolute Gasteiger partial charge is 0.0863 e. The highest BCUT2D eigenvalue weighted by Crippen LogP contribution is 2.22. The van der Waals surface area contributed by atoms with Crippen LogP contribution in [-0.4, -0.2) is 77.5 Å². The third kappa shape index (κ3) is 9.97. The summed E-state index contributed by atoms with van der Waals surface area (Å²) in [4.78, 5) is 22.0. The lowest BCUT2D eigenvalue weighted by molar-refractivity contribution is -0.921. The predicted octanol–water partition coefficient (Wildman–Crippen LogP) is 3.35. The third-order valence-corrected chi connectivity index (χ3v) is 9.49. The topological polar surface area (TPSA) is 97.3 Å². The number of hydrogen-bond donors (Lipinski definition) is 0. The summed E-state index contributed by atoms with van der Waals surface area (Å²) < 4.78 is 15.0. The highest BCUT2D eigenvalue weighted by Gasteiger charge is 2.17. The van der Waals surface area contributed by atoms with E-state index in [1.807, 2.05) is 0 Å². The molecule has 2 aromatic rings. The maximum atomic E-state index is 12.4. The number of rotatable bonds is 12. The van der Waals surface area contributed by atoms with Gasteiger partial charge in [-0.1, -0.05) is 36.4 Å². The lowest BCUT2D eigenvalue weighted by Crippen LogP contribution is -2.47. The zero-order chi connectivity index (χ0) is 29.4. The molecule has 0 N–H and O–H groups in total. The Balaban J connectivity index is 0.000000636. The van der Waals surface area contributed by atoms with E-state index in [9.17, 15) is 24.0 Å². The molecule has 38 heavy (non-hydrogen) atoms. The van der Waals surface area contributed by atoms with Gasteiger partial charge in [-0.3, -0.25) is 0 Å². The zero-order valence-corrected chi connectivity index (χ0v) is 25.4. The summed E-state index contributed by atoms with van der Waals surface area (Å²) in [7, 11) is -1.95. The Morgan fingerprint density at radius 1 is 0.553 bits per heavy atom. The van der Waals surface area contributed by atoms with Crippen molar-refractivity contribution in [2.45, 2.75) is 65.2 Å². The number of aromatic carboxylic acids is 2. The highest BCUT2D eigenvalue weighted by atomic mass is 32.2. The molecule has 0 saturated heterocycles. The molecule has 2 rings (SSSR count). The molecule has 0 bridgehead atoms. The van der Waals surface area contributed by atoms with Crippen LogP contribution in [0.5, 0.6) is 0 Å². The Morgan fingerprint density at radius 3 is 0.974 bits per heavy atom. The molecule has 214 valence electrons. The first-order chi connectivity index (χ1) is 18.0. The van der Waals surface area contributed by atoms with Crippen molar-refractivity contribution < 1.29 is 33.0 Å². The molecule has 0 radical (unpaired) electrons. The lowest BCUT2D eigenvalue weighted by atomic mass is 10.2.